The van der Waals surface area contributed by atoms with Gasteiger partial charge in [0.1, 0.15) is 22.2 Å². The number of benzene rings is 1. The maximum Gasteiger partial charge on any atom is 0.269 e. The predicted molar refractivity (Wildman–Crippen MR) is 77.1 cm³/mol. The Balaban J connectivity index is 1.90. The molecule has 0 saturated carbocycles. The van der Waals surface area contributed by atoms with Crippen LogP contribution in [0.1, 0.15) is 10.5 Å². The molecule has 1 aromatic heterocycles. The average molecular weight is 344 g/mol. The van der Waals surface area contributed by atoms with Gasteiger partial charge in [-0.2, -0.15) is 5.10 Å². The van der Waals surface area contributed by atoms with E-state index in [4.69, 9.17) is 0 Å². The molecule has 0 atom stereocenters. The Hall–Kier alpha value is -2.33. The molecule has 10 heteroatoms. The fourth-order valence-corrected chi connectivity index (χ4v) is 2.91. The molecule has 1 heterocycles. The summed E-state index contributed by atoms with van der Waals surface area (Å²) >= 11 is 0. The van der Waals surface area contributed by atoms with Gasteiger partial charge in [-0.1, -0.05) is 0 Å². The van der Waals surface area contributed by atoms with Gasteiger partial charge >= 0.3 is 0 Å². The van der Waals surface area contributed by atoms with Crippen LogP contribution in [0.4, 0.5) is 8.78 Å². The fourth-order valence-electron chi connectivity index (χ4n) is 1.82. The number of halogens is 2. The molecule has 0 bridgehead atoms. The third-order valence-electron chi connectivity index (χ3n) is 2.94. The average Bonchev–Trinajstić information content (AvgIpc) is 2.89. The van der Waals surface area contributed by atoms with E-state index in [0.29, 0.717) is 11.8 Å². The van der Waals surface area contributed by atoms with Crippen molar-refractivity contribution in [2.45, 2.75) is 4.90 Å². The van der Waals surface area contributed by atoms with Gasteiger partial charge in [0.25, 0.3) is 5.91 Å². The molecule has 0 aliphatic heterocycles. The monoisotopic (exact) mass is 344 g/mol. The highest BCUT2D eigenvalue weighted by atomic mass is 32.2. The van der Waals surface area contributed by atoms with Crippen LogP contribution in [-0.4, -0.2) is 37.2 Å². The van der Waals surface area contributed by atoms with Crippen LogP contribution in [0.5, 0.6) is 0 Å². The minimum Gasteiger partial charge on any atom is -0.349 e. The highest BCUT2D eigenvalue weighted by Gasteiger charge is 2.19. The van der Waals surface area contributed by atoms with Gasteiger partial charge in [0.2, 0.25) is 10.0 Å². The second-order valence-corrected chi connectivity index (χ2v) is 6.30. The number of hydrogen-bond acceptors (Lipinski definition) is 4. The van der Waals surface area contributed by atoms with Crippen LogP contribution in [0.2, 0.25) is 0 Å². The standard InChI is InChI=1S/C13H14F2N4O3S/c1-19-11(4-5-17-19)13(20)16-6-7-18-23(21,22)12-3-2-9(14)8-10(12)15/h2-5,8,18H,6-7H2,1H3,(H,16,20). The molecule has 2 aromatic rings. The van der Waals surface area contributed by atoms with Gasteiger partial charge in [0.05, 0.1) is 0 Å². The van der Waals surface area contributed by atoms with Gasteiger partial charge in [-0.25, -0.2) is 21.9 Å². The summed E-state index contributed by atoms with van der Waals surface area (Å²) in [4.78, 5) is 11.1. The lowest BCUT2D eigenvalue weighted by Gasteiger charge is -2.09. The van der Waals surface area contributed by atoms with Crippen molar-refractivity contribution >= 4 is 15.9 Å². The van der Waals surface area contributed by atoms with Gasteiger partial charge in [0, 0.05) is 32.4 Å². The zero-order chi connectivity index (χ0) is 17.0. The van der Waals surface area contributed by atoms with Crippen LogP contribution in [-0.2, 0) is 17.1 Å². The molecule has 1 aromatic carbocycles. The molecule has 7 nitrogen and oxygen atoms in total. The highest BCUT2D eigenvalue weighted by Crippen LogP contribution is 2.14. The Morgan fingerprint density at radius 2 is 2.00 bits per heavy atom. The van der Waals surface area contributed by atoms with Crippen molar-refractivity contribution < 1.29 is 22.0 Å². The Kier molecular flexibility index (Phi) is 5.06. The number of aromatic nitrogens is 2. The van der Waals surface area contributed by atoms with Crippen LogP contribution >= 0.6 is 0 Å². The Bertz CT molecular complexity index is 820. The van der Waals surface area contributed by atoms with Crippen molar-refractivity contribution in [3.05, 3.63) is 47.8 Å². The van der Waals surface area contributed by atoms with Crippen LogP contribution in [0, 0.1) is 11.6 Å². The lowest BCUT2D eigenvalue weighted by molar-refractivity contribution is 0.0945. The van der Waals surface area contributed by atoms with Gasteiger partial charge in [-0.3, -0.25) is 9.48 Å². The van der Waals surface area contributed by atoms with Crippen molar-refractivity contribution in [1.29, 1.82) is 0 Å². The number of nitrogens with zero attached hydrogens (tertiary/aromatic N) is 2. The molecule has 0 saturated heterocycles. The molecule has 124 valence electrons. The van der Waals surface area contributed by atoms with Crippen molar-refractivity contribution in [3.63, 3.8) is 0 Å². The molecule has 23 heavy (non-hydrogen) atoms. The van der Waals surface area contributed by atoms with E-state index in [9.17, 15) is 22.0 Å². The van der Waals surface area contributed by atoms with Crippen molar-refractivity contribution in [2.75, 3.05) is 13.1 Å². The molecular weight excluding hydrogens is 330 g/mol. The van der Waals surface area contributed by atoms with E-state index in [1.807, 2.05) is 0 Å². The molecule has 0 radical (unpaired) electrons. The van der Waals surface area contributed by atoms with Crippen molar-refractivity contribution in [1.82, 2.24) is 19.8 Å². The summed E-state index contributed by atoms with van der Waals surface area (Å²) in [7, 11) is -2.54. The smallest absolute Gasteiger partial charge is 0.269 e. The maximum absolute atomic E-state index is 13.5. The number of carbonyl (C=O) groups is 1. The molecule has 0 unspecified atom stereocenters. The number of rotatable bonds is 6. The minimum absolute atomic E-state index is 0.00788. The molecule has 1 amide bonds. The van der Waals surface area contributed by atoms with E-state index < -0.39 is 32.5 Å². The molecule has 0 spiro atoms. The summed E-state index contributed by atoms with van der Waals surface area (Å²) in [5.74, 6) is -2.47. The summed E-state index contributed by atoms with van der Waals surface area (Å²) in [6.45, 7) is -0.158. The Morgan fingerprint density at radius 3 is 2.61 bits per heavy atom. The summed E-state index contributed by atoms with van der Waals surface area (Å²) in [5, 5.41) is 6.33. The maximum atomic E-state index is 13.5. The lowest BCUT2D eigenvalue weighted by atomic mass is 10.3. The summed E-state index contributed by atoms with van der Waals surface area (Å²) < 4.78 is 53.5. The second kappa shape index (κ2) is 6.84. The zero-order valence-electron chi connectivity index (χ0n) is 12.1. The van der Waals surface area contributed by atoms with E-state index in [1.165, 1.54) is 16.9 Å². The first kappa shape index (κ1) is 17.0. The highest BCUT2D eigenvalue weighted by molar-refractivity contribution is 7.89. The molecule has 2 N–H and O–H groups in total. The lowest BCUT2D eigenvalue weighted by Crippen LogP contribution is -2.35. The summed E-state index contributed by atoms with van der Waals surface area (Å²) in [6, 6.07) is 3.68. The molecule has 2 rings (SSSR count). The van der Waals surface area contributed by atoms with Crippen LogP contribution in [0.25, 0.3) is 0 Å². The predicted octanol–water partition coefficient (Wildman–Crippen LogP) is 0.407. The first-order valence-electron chi connectivity index (χ1n) is 6.52. The van der Waals surface area contributed by atoms with E-state index in [2.05, 4.69) is 15.1 Å². The Morgan fingerprint density at radius 1 is 1.26 bits per heavy atom. The van der Waals surface area contributed by atoms with E-state index in [0.717, 1.165) is 12.1 Å². The quantitative estimate of drug-likeness (QED) is 0.742. The first-order valence-corrected chi connectivity index (χ1v) is 8.00. The number of sulfonamides is 1. The number of nitrogens with one attached hydrogen (secondary N) is 2. The third kappa shape index (κ3) is 4.11. The number of aryl methyl sites for hydroxylation is 1. The largest absolute Gasteiger partial charge is 0.349 e. The number of hydrogen-bond donors (Lipinski definition) is 2. The Labute approximate surface area is 131 Å². The molecule has 0 fully saturated rings. The molecule has 0 aliphatic carbocycles. The van der Waals surface area contributed by atoms with Crippen molar-refractivity contribution in [2.24, 2.45) is 7.05 Å². The third-order valence-corrected chi connectivity index (χ3v) is 4.43. The zero-order valence-corrected chi connectivity index (χ0v) is 12.9. The van der Waals surface area contributed by atoms with Gasteiger partial charge < -0.3 is 5.32 Å². The minimum atomic E-state index is -4.13. The summed E-state index contributed by atoms with van der Waals surface area (Å²) in [5.41, 5.74) is 0.317. The number of carbonyl (C=O) groups excluding carboxylic acids is 1. The molecular formula is C13H14F2N4O3S. The van der Waals surface area contributed by atoms with Crippen LogP contribution in [0.15, 0.2) is 35.4 Å². The number of amides is 1. The van der Waals surface area contributed by atoms with Gasteiger partial charge in [0.15, 0.2) is 0 Å². The van der Waals surface area contributed by atoms with Crippen molar-refractivity contribution in [3.8, 4) is 0 Å². The SMILES string of the molecule is Cn1nccc1C(=O)NCCNS(=O)(=O)c1ccc(F)cc1F. The van der Waals surface area contributed by atoms with Crippen LogP contribution in [0.3, 0.4) is 0 Å². The summed E-state index contributed by atoms with van der Waals surface area (Å²) in [6.07, 6.45) is 1.45. The fraction of sp³-hybridized carbons (Fsp3) is 0.231. The van der Waals surface area contributed by atoms with Crippen LogP contribution < -0.4 is 10.0 Å². The second-order valence-electron chi connectivity index (χ2n) is 4.57. The normalized spacial score (nSPS) is 11.4. The molecule has 0 aliphatic rings. The van der Waals surface area contributed by atoms with Gasteiger partial charge in [-0.05, 0) is 18.2 Å². The van der Waals surface area contributed by atoms with E-state index >= 15 is 0 Å². The van der Waals surface area contributed by atoms with Gasteiger partial charge in [-0.15, -0.1) is 0 Å². The topological polar surface area (TPSA) is 93.1 Å². The first-order chi connectivity index (χ1) is 10.8. The van der Waals surface area contributed by atoms with E-state index in [-0.39, 0.29) is 13.1 Å². The van der Waals surface area contributed by atoms with E-state index in [1.54, 1.807) is 7.05 Å².